The summed E-state index contributed by atoms with van der Waals surface area (Å²) >= 11 is 1.52. The molecule has 0 amide bonds. The van der Waals surface area contributed by atoms with Crippen molar-refractivity contribution in [2.75, 3.05) is 0 Å². The Hall–Kier alpha value is -1.21. The van der Waals surface area contributed by atoms with E-state index in [0.29, 0.717) is 11.6 Å². The Bertz CT molecular complexity index is 630. The predicted octanol–water partition coefficient (Wildman–Crippen LogP) is 2.49. The fourth-order valence-electron chi connectivity index (χ4n) is 1.61. The predicted molar refractivity (Wildman–Crippen MR) is 76.6 cm³/mol. The van der Waals surface area contributed by atoms with Crippen LogP contribution in [0, 0.1) is 5.92 Å². The lowest BCUT2D eigenvalue weighted by Crippen LogP contribution is -2.25. The summed E-state index contributed by atoms with van der Waals surface area (Å²) in [6, 6.07) is 3.82. The molecule has 104 valence electrons. The van der Waals surface area contributed by atoms with E-state index in [0.717, 1.165) is 4.88 Å². The van der Waals surface area contributed by atoms with Gasteiger partial charge >= 0.3 is 0 Å². The zero-order valence-electron chi connectivity index (χ0n) is 11.1. The Morgan fingerprint density at radius 3 is 2.68 bits per heavy atom. The number of thiophene rings is 1. The average molecular weight is 299 g/mol. The number of hydrogen-bond acceptors (Lipinski definition) is 5. The van der Waals surface area contributed by atoms with Crippen molar-refractivity contribution in [3.05, 3.63) is 23.3 Å². The molecule has 2 heterocycles. The zero-order chi connectivity index (χ0) is 14.0. The van der Waals surface area contributed by atoms with Gasteiger partial charge in [-0.25, -0.2) is 13.4 Å². The van der Waals surface area contributed by atoms with Crippen LogP contribution < -0.4 is 0 Å². The molecule has 2 aromatic rings. The van der Waals surface area contributed by atoms with Crippen molar-refractivity contribution in [1.82, 2.24) is 15.2 Å². The van der Waals surface area contributed by atoms with E-state index in [-0.39, 0.29) is 16.9 Å². The molecule has 2 aromatic heterocycles. The lowest BCUT2D eigenvalue weighted by Gasteiger charge is -2.15. The smallest absolute Gasteiger partial charge is 0.191 e. The minimum atomic E-state index is -3.20. The summed E-state index contributed by atoms with van der Waals surface area (Å²) in [7, 11) is -3.20. The van der Waals surface area contributed by atoms with E-state index >= 15 is 0 Å². The van der Waals surface area contributed by atoms with Crippen LogP contribution in [0.15, 0.2) is 17.5 Å². The number of rotatable bonds is 5. The fraction of sp³-hybridized carbons (Fsp3) is 0.500. The highest BCUT2D eigenvalue weighted by Gasteiger charge is 2.25. The number of nitrogens with one attached hydrogen (secondary N) is 1. The van der Waals surface area contributed by atoms with Gasteiger partial charge in [-0.2, -0.15) is 5.10 Å². The first-order chi connectivity index (χ1) is 8.90. The molecule has 0 saturated heterocycles. The van der Waals surface area contributed by atoms with Gasteiger partial charge in [-0.15, -0.1) is 11.3 Å². The molecule has 0 aliphatic rings. The monoisotopic (exact) mass is 299 g/mol. The number of aromatic nitrogens is 3. The number of sulfone groups is 1. The van der Waals surface area contributed by atoms with Crippen molar-refractivity contribution >= 4 is 21.2 Å². The standard InChI is InChI=1S/C12H17N3O2S2/c1-8(2)9(3)19(16,17)7-11-13-12(15-14-11)10-5-4-6-18-10/h4-6,8-9H,7H2,1-3H3,(H,13,14,15). The van der Waals surface area contributed by atoms with Gasteiger partial charge in [-0.05, 0) is 24.3 Å². The van der Waals surface area contributed by atoms with Crippen molar-refractivity contribution < 1.29 is 8.42 Å². The summed E-state index contributed by atoms with van der Waals surface area (Å²) in [6.45, 7) is 5.54. The maximum Gasteiger partial charge on any atom is 0.191 e. The highest BCUT2D eigenvalue weighted by Crippen LogP contribution is 2.21. The van der Waals surface area contributed by atoms with E-state index in [1.54, 1.807) is 6.92 Å². The Morgan fingerprint density at radius 2 is 2.11 bits per heavy atom. The van der Waals surface area contributed by atoms with Gasteiger partial charge in [-0.3, -0.25) is 5.10 Å². The van der Waals surface area contributed by atoms with Crippen LogP contribution in [0.2, 0.25) is 0 Å². The maximum absolute atomic E-state index is 12.2. The summed E-state index contributed by atoms with van der Waals surface area (Å²) in [4.78, 5) is 5.17. The Kier molecular flexibility index (Phi) is 4.05. The van der Waals surface area contributed by atoms with Crippen LogP contribution in [0.5, 0.6) is 0 Å². The second-order valence-electron chi connectivity index (χ2n) is 4.84. The molecule has 0 aliphatic heterocycles. The molecule has 0 fully saturated rings. The molecule has 5 nitrogen and oxygen atoms in total. The van der Waals surface area contributed by atoms with Crippen molar-refractivity contribution in [3.8, 4) is 10.7 Å². The van der Waals surface area contributed by atoms with Gasteiger partial charge in [0.25, 0.3) is 0 Å². The van der Waals surface area contributed by atoms with Gasteiger partial charge in [0.2, 0.25) is 0 Å². The number of nitrogens with zero attached hydrogens (tertiary/aromatic N) is 2. The maximum atomic E-state index is 12.2. The van der Waals surface area contributed by atoms with Crippen LogP contribution in [-0.4, -0.2) is 28.8 Å². The van der Waals surface area contributed by atoms with Gasteiger partial charge in [0, 0.05) is 0 Å². The summed E-state index contributed by atoms with van der Waals surface area (Å²) in [5, 5.41) is 8.31. The average Bonchev–Trinajstić information content (AvgIpc) is 2.96. The molecule has 2 rings (SSSR count). The van der Waals surface area contributed by atoms with Crippen molar-refractivity contribution in [3.63, 3.8) is 0 Å². The third kappa shape index (κ3) is 3.22. The molecular weight excluding hydrogens is 282 g/mol. The molecule has 0 radical (unpaired) electrons. The SMILES string of the molecule is CC(C)C(C)S(=O)(=O)Cc1nc(-c2cccs2)n[nH]1. The molecule has 0 aliphatic carbocycles. The van der Waals surface area contributed by atoms with Crippen molar-refractivity contribution in [2.45, 2.75) is 31.8 Å². The molecule has 1 N–H and O–H groups in total. The second kappa shape index (κ2) is 5.42. The molecular formula is C12H17N3O2S2. The lowest BCUT2D eigenvalue weighted by atomic mass is 10.2. The Labute approximate surface area is 117 Å². The van der Waals surface area contributed by atoms with Gasteiger partial charge < -0.3 is 0 Å². The van der Waals surface area contributed by atoms with E-state index in [4.69, 9.17) is 0 Å². The quantitative estimate of drug-likeness (QED) is 0.920. The van der Waals surface area contributed by atoms with Crippen LogP contribution in [0.1, 0.15) is 26.6 Å². The molecule has 7 heteroatoms. The van der Waals surface area contributed by atoms with Crippen molar-refractivity contribution in [1.29, 1.82) is 0 Å². The molecule has 0 aromatic carbocycles. The highest BCUT2D eigenvalue weighted by molar-refractivity contribution is 7.91. The first-order valence-electron chi connectivity index (χ1n) is 6.07. The third-order valence-corrected chi connectivity index (χ3v) is 6.34. The Balaban J connectivity index is 2.17. The summed E-state index contributed by atoms with van der Waals surface area (Å²) in [5.74, 6) is 0.947. The molecule has 1 atom stereocenters. The molecule has 0 spiro atoms. The molecule has 0 bridgehead atoms. The summed E-state index contributed by atoms with van der Waals surface area (Å²) < 4.78 is 24.3. The Morgan fingerprint density at radius 1 is 1.37 bits per heavy atom. The van der Waals surface area contributed by atoms with Crippen LogP contribution in [0.3, 0.4) is 0 Å². The highest BCUT2D eigenvalue weighted by atomic mass is 32.2. The van der Waals surface area contributed by atoms with E-state index in [9.17, 15) is 8.42 Å². The second-order valence-corrected chi connectivity index (χ2v) is 8.15. The topological polar surface area (TPSA) is 75.7 Å². The first-order valence-corrected chi connectivity index (χ1v) is 8.66. The molecule has 1 unspecified atom stereocenters. The normalized spacial score (nSPS) is 13.9. The van der Waals surface area contributed by atoms with Gasteiger partial charge in [-0.1, -0.05) is 19.9 Å². The van der Waals surface area contributed by atoms with E-state index in [2.05, 4.69) is 15.2 Å². The van der Waals surface area contributed by atoms with Gasteiger partial charge in [0.1, 0.15) is 11.6 Å². The van der Waals surface area contributed by atoms with E-state index < -0.39 is 9.84 Å². The fourth-order valence-corrected chi connectivity index (χ4v) is 3.87. The largest absolute Gasteiger partial charge is 0.262 e. The number of H-pyrrole nitrogens is 1. The lowest BCUT2D eigenvalue weighted by molar-refractivity contribution is 0.544. The minimum absolute atomic E-state index is 0.0877. The van der Waals surface area contributed by atoms with Gasteiger partial charge in [0.15, 0.2) is 15.7 Å². The number of aromatic amines is 1. The van der Waals surface area contributed by atoms with Crippen LogP contribution in [0.4, 0.5) is 0 Å². The van der Waals surface area contributed by atoms with Gasteiger partial charge in [0.05, 0.1) is 10.1 Å². The van der Waals surface area contributed by atoms with Crippen molar-refractivity contribution in [2.24, 2.45) is 5.92 Å². The summed E-state index contributed by atoms with van der Waals surface area (Å²) in [5.41, 5.74) is 0. The summed E-state index contributed by atoms with van der Waals surface area (Å²) in [6.07, 6.45) is 0. The number of hydrogen-bond donors (Lipinski definition) is 1. The van der Waals surface area contributed by atoms with Crippen LogP contribution >= 0.6 is 11.3 Å². The minimum Gasteiger partial charge on any atom is -0.262 e. The van der Waals surface area contributed by atoms with E-state index in [1.807, 2.05) is 31.4 Å². The third-order valence-electron chi connectivity index (χ3n) is 3.12. The first kappa shape index (κ1) is 14.2. The van der Waals surface area contributed by atoms with E-state index in [1.165, 1.54) is 11.3 Å². The van der Waals surface area contributed by atoms with Crippen LogP contribution in [-0.2, 0) is 15.6 Å². The zero-order valence-corrected chi connectivity index (χ0v) is 12.8. The molecule has 19 heavy (non-hydrogen) atoms. The van der Waals surface area contributed by atoms with Crippen LogP contribution in [0.25, 0.3) is 10.7 Å². The molecule has 0 saturated carbocycles.